The highest BCUT2D eigenvalue weighted by atomic mass is 32.1. The van der Waals surface area contributed by atoms with E-state index in [4.69, 9.17) is 9.97 Å². The van der Waals surface area contributed by atoms with Gasteiger partial charge in [0, 0.05) is 28.6 Å². The Labute approximate surface area is 129 Å². The Kier molecular flexibility index (Phi) is 3.64. The van der Waals surface area contributed by atoms with Crippen LogP contribution in [0.3, 0.4) is 0 Å². The van der Waals surface area contributed by atoms with E-state index in [9.17, 15) is 0 Å². The van der Waals surface area contributed by atoms with Crippen molar-refractivity contribution in [3.05, 3.63) is 40.4 Å². The van der Waals surface area contributed by atoms with Crippen LogP contribution in [0.1, 0.15) is 23.7 Å². The number of benzene rings is 1. The molecule has 3 aromatic rings. The van der Waals surface area contributed by atoms with E-state index < -0.39 is 0 Å². The number of fused-ring (bicyclic) bond motifs is 1. The van der Waals surface area contributed by atoms with Crippen molar-refractivity contribution in [2.24, 2.45) is 0 Å². The Morgan fingerprint density at radius 3 is 2.67 bits per heavy atom. The zero-order valence-corrected chi connectivity index (χ0v) is 13.6. The molecule has 0 saturated carbocycles. The molecule has 21 heavy (non-hydrogen) atoms. The highest BCUT2D eigenvalue weighted by Crippen LogP contribution is 2.32. The first-order valence-electron chi connectivity index (χ1n) is 7.17. The molecule has 108 valence electrons. The number of nitrogens with one attached hydrogen (secondary N) is 1. The number of nitrogens with zero attached hydrogens (tertiary/aromatic N) is 2. The number of aryl methyl sites for hydroxylation is 3. The maximum Gasteiger partial charge on any atom is 0.183 e. The highest BCUT2D eigenvalue weighted by molar-refractivity contribution is 7.14. The summed E-state index contributed by atoms with van der Waals surface area (Å²) >= 11 is 1.65. The van der Waals surface area contributed by atoms with Crippen LogP contribution in [-0.2, 0) is 0 Å². The Hall–Kier alpha value is -1.94. The third-order valence-electron chi connectivity index (χ3n) is 3.48. The minimum Gasteiger partial charge on any atom is -0.362 e. The molecule has 3 rings (SSSR count). The van der Waals surface area contributed by atoms with Gasteiger partial charge >= 0.3 is 0 Å². The molecule has 2 aromatic heterocycles. The number of anilines is 1. The lowest BCUT2D eigenvalue weighted by Crippen LogP contribution is -1.96. The smallest absolute Gasteiger partial charge is 0.183 e. The van der Waals surface area contributed by atoms with E-state index in [1.54, 1.807) is 11.3 Å². The third kappa shape index (κ3) is 2.63. The molecule has 0 radical (unpaired) electrons. The summed E-state index contributed by atoms with van der Waals surface area (Å²) in [5.41, 5.74) is 6.78. The molecule has 0 atom stereocenters. The van der Waals surface area contributed by atoms with E-state index in [2.05, 4.69) is 49.7 Å². The molecule has 4 heteroatoms. The van der Waals surface area contributed by atoms with Crippen LogP contribution in [0.4, 0.5) is 5.13 Å². The Balaban J connectivity index is 2.25. The molecule has 0 aliphatic carbocycles. The minimum absolute atomic E-state index is 0.890. The third-order valence-corrected chi connectivity index (χ3v) is 4.28. The van der Waals surface area contributed by atoms with Crippen molar-refractivity contribution in [1.29, 1.82) is 0 Å². The van der Waals surface area contributed by atoms with Gasteiger partial charge in [0.1, 0.15) is 0 Å². The molecule has 0 bridgehead atoms. The van der Waals surface area contributed by atoms with Crippen LogP contribution in [0.25, 0.3) is 22.2 Å². The van der Waals surface area contributed by atoms with E-state index in [1.165, 1.54) is 22.1 Å². The van der Waals surface area contributed by atoms with Gasteiger partial charge in [-0.05, 0) is 45.4 Å². The van der Waals surface area contributed by atoms with Gasteiger partial charge in [0.2, 0.25) is 0 Å². The van der Waals surface area contributed by atoms with Gasteiger partial charge in [-0.25, -0.2) is 4.98 Å². The fourth-order valence-electron chi connectivity index (χ4n) is 2.65. The van der Waals surface area contributed by atoms with Crippen LogP contribution in [-0.4, -0.2) is 16.5 Å². The van der Waals surface area contributed by atoms with E-state index in [-0.39, 0.29) is 0 Å². The van der Waals surface area contributed by atoms with E-state index in [0.29, 0.717) is 0 Å². The van der Waals surface area contributed by atoms with Crippen LogP contribution < -0.4 is 5.32 Å². The maximum absolute atomic E-state index is 4.71. The van der Waals surface area contributed by atoms with Crippen LogP contribution in [0.5, 0.6) is 0 Å². The molecule has 0 fully saturated rings. The normalized spacial score (nSPS) is 11.0. The first kappa shape index (κ1) is 14.0. The highest BCUT2D eigenvalue weighted by Gasteiger charge is 2.12. The van der Waals surface area contributed by atoms with E-state index in [0.717, 1.165) is 28.6 Å². The lowest BCUT2D eigenvalue weighted by molar-refractivity contribution is 1.19. The summed E-state index contributed by atoms with van der Waals surface area (Å²) < 4.78 is 0. The summed E-state index contributed by atoms with van der Waals surface area (Å²) in [5, 5.41) is 7.55. The van der Waals surface area contributed by atoms with Gasteiger partial charge in [-0.15, -0.1) is 11.3 Å². The second-order valence-corrected chi connectivity index (χ2v) is 6.22. The maximum atomic E-state index is 4.71. The fourth-order valence-corrected chi connectivity index (χ4v) is 3.43. The van der Waals surface area contributed by atoms with Crippen LogP contribution in [0, 0.1) is 20.8 Å². The summed E-state index contributed by atoms with van der Waals surface area (Å²) in [6.45, 7) is 9.26. The summed E-state index contributed by atoms with van der Waals surface area (Å²) in [4.78, 5) is 9.41. The number of pyridine rings is 1. The predicted octanol–water partition coefficient (Wildman–Crippen LogP) is 4.72. The fraction of sp³-hybridized carbons (Fsp3) is 0.294. The number of thiazole rings is 1. The lowest BCUT2D eigenvalue weighted by Gasteiger charge is -2.09. The first-order chi connectivity index (χ1) is 10.1. The Morgan fingerprint density at radius 2 is 1.90 bits per heavy atom. The molecule has 3 nitrogen and oxygen atoms in total. The molecule has 0 spiro atoms. The average Bonchev–Trinajstić information content (AvgIpc) is 2.88. The largest absolute Gasteiger partial charge is 0.362 e. The summed E-state index contributed by atoms with van der Waals surface area (Å²) in [5.74, 6) is 0. The molecule has 0 aliphatic heterocycles. The van der Waals surface area contributed by atoms with Crippen LogP contribution in [0.2, 0.25) is 0 Å². The predicted molar refractivity (Wildman–Crippen MR) is 91.2 cm³/mol. The molecule has 1 N–H and O–H groups in total. The van der Waals surface area contributed by atoms with Crippen molar-refractivity contribution in [2.75, 3.05) is 11.9 Å². The lowest BCUT2D eigenvalue weighted by atomic mass is 10.0. The van der Waals surface area contributed by atoms with Gasteiger partial charge < -0.3 is 5.32 Å². The van der Waals surface area contributed by atoms with Gasteiger partial charge in [-0.1, -0.05) is 11.6 Å². The standard InChI is InChI=1S/C17H19N3S/c1-5-18-17-20-15(9-21-17)13-8-12(4)19-16-11(3)6-10(2)7-14(13)16/h6-9H,5H2,1-4H3,(H,18,20). The van der Waals surface area contributed by atoms with Crippen molar-refractivity contribution < 1.29 is 0 Å². The quantitative estimate of drug-likeness (QED) is 0.760. The van der Waals surface area contributed by atoms with Gasteiger partial charge in [0.15, 0.2) is 5.13 Å². The Morgan fingerprint density at radius 1 is 1.10 bits per heavy atom. The zero-order chi connectivity index (χ0) is 15.0. The van der Waals surface area contributed by atoms with Gasteiger partial charge in [-0.2, -0.15) is 0 Å². The average molecular weight is 297 g/mol. The molecule has 1 aromatic carbocycles. The van der Waals surface area contributed by atoms with Crippen molar-refractivity contribution in [3.8, 4) is 11.3 Å². The topological polar surface area (TPSA) is 37.8 Å². The van der Waals surface area contributed by atoms with Crippen molar-refractivity contribution in [3.63, 3.8) is 0 Å². The van der Waals surface area contributed by atoms with Gasteiger partial charge in [-0.3, -0.25) is 4.98 Å². The molecule has 0 unspecified atom stereocenters. The van der Waals surface area contributed by atoms with Crippen molar-refractivity contribution in [1.82, 2.24) is 9.97 Å². The second-order valence-electron chi connectivity index (χ2n) is 5.36. The molecule has 0 saturated heterocycles. The second kappa shape index (κ2) is 5.45. The van der Waals surface area contributed by atoms with Crippen LogP contribution >= 0.6 is 11.3 Å². The number of hydrogen-bond donors (Lipinski definition) is 1. The van der Waals surface area contributed by atoms with Crippen molar-refractivity contribution in [2.45, 2.75) is 27.7 Å². The van der Waals surface area contributed by atoms with Crippen molar-refractivity contribution >= 4 is 27.4 Å². The monoisotopic (exact) mass is 297 g/mol. The number of aromatic nitrogens is 2. The molecule has 0 aliphatic rings. The zero-order valence-electron chi connectivity index (χ0n) is 12.8. The van der Waals surface area contributed by atoms with E-state index in [1.807, 2.05) is 6.92 Å². The SMILES string of the molecule is CCNc1nc(-c2cc(C)nc3c(C)cc(C)cc23)cs1. The van der Waals surface area contributed by atoms with Gasteiger partial charge in [0.25, 0.3) is 0 Å². The Bertz CT molecular complexity index is 805. The van der Waals surface area contributed by atoms with Crippen LogP contribution in [0.15, 0.2) is 23.6 Å². The molecular formula is C17H19N3S. The summed E-state index contributed by atoms with van der Waals surface area (Å²) in [6, 6.07) is 6.52. The number of rotatable bonds is 3. The number of hydrogen-bond acceptors (Lipinski definition) is 4. The van der Waals surface area contributed by atoms with Gasteiger partial charge in [0.05, 0.1) is 11.2 Å². The summed E-state index contributed by atoms with van der Waals surface area (Å²) in [7, 11) is 0. The van der Waals surface area contributed by atoms with E-state index >= 15 is 0 Å². The molecule has 0 amide bonds. The summed E-state index contributed by atoms with van der Waals surface area (Å²) in [6.07, 6.45) is 0. The molecule has 2 heterocycles. The molecular weight excluding hydrogens is 278 g/mol. The minimum atomic E-state index is 0.890. The first-order valence-corrected chi connectivity index (χ1v) is 8.05.